The van der Waals surface area contributed by atoms with E-state index < -0.39 is 29.7 Å². The Hall–Kier alpha value is -4.28. The van der Waals surface area contributed by atoms with Gasteiger partial charge in [-0.1, -0.05) is 35.5 Å². The number of aliphatic hydroxyl groups excluding tert-OH is 1. The minimum Gasteiger partial charge on any atom is -0.486 e. The monoisotopic (exact) mass is 545 g/mol. The van der Waals surface area contributed by atoms with Gasteiger partial charge in [0.15, 0.2) is 22.9 Å². The number of ether oxygens (including phenoxy) is 2. The van der Waals surface area contributed by atoms with Crippen molar-refractivity contribution in [2.24, 2.45) is 0 Å². The first-order chi connectivity index (χ1) is 19.5. The van der Waals surface area contributed by atoms with E-state index in [0.717, 1.165) is 42.4 Å². The van der Waals surface area contributed by atoms with Crippen LogP contribution in [0.25, 0.3) is 22.1 Å². The number of nitrogens with one attached hydrogen (secondary N) is 1. The fourth-order valence-corrected chi connectivity index (χ4v) is 5.22. The summed E-state index contributed by atoms with van der Waals surface area (Å²) in [5.41, 5.74) is 2.82. The molecule has 1 fully saturated rings. The number of fused-ring (bicyclic) bond motifs is 2. The maximum Gasteiger partial charge on any atom is 0.292 e. The lowest BCUT2D eigenvalue weighted by molar-refractivity contribution is -0.118. The van der Waals surface area contributed by atoms with Crippen molar-refractivity contribution in [2.45, 2.75) is 25.0 Å². The molecule has 4 aromatic rings. The molecule has 6 rings (SSSR count). The Morgan fingerprint density at radius 3 is 2.55 bits per heavy atom. The molecule has 2 atom stereocenters. The van der Waals surface area contributed by atoms with Crippen LogP contribution in [0.15, 0.2) is 65.3 Å². The van der Waals surface area contributed by atoms with Gasteiger partial charge in [-0.25, -0.2) is 4.39 Å². The molecule has 0 unspecified atom stereocenters. The molecule has 3 aromatic carbocycles. The van der Waals surface area contributed by atoms with Crippen LogP contribution in [0.1, 0.15) is 34.9 Å². The molecule has 0 saturated carbocycles. The van der Waals surface area contributed by atoms with Crippen LogP contribution in [0.4, 0.5) is 4.39 Å². The molecule has 2 N–H and O–H groups in total. The van der Waals surface area contributed by atoms with Gasteiger partial charge in [0.2, 0.25) is 5.78 Å². The van der Waals surface area contributed by atoms with E-state index in [2.05, 4.69) is 15.4 Å². The van der Waals surface area contributed by atoms with Crippen LogP contribution in [0.2, 0.25) is 0 Å². The first-order valence-electron chi connectivity index (χ1n) is 13.3. The highest BCUT2D eigenvalue weighted by Gasteiger charge is 2.31. The Labute approximate surface area is 229 Å². The van der Waals surface area contributed by atoms with E-state index in [9.17, 15) is 19.1 Å². The molecule has 10 heteroatoms. The molecule has 206 valence electrons. The number of rotatable bonds is 8. The Bertz CT molecular complexity index is 1550. The predicted molar refractivity (Wildman–Crippen MR) is 144 cm³/mol. The number of carbonyl (C=O) groups excluding carboxylic acids is 2. The molecule has 0 aliphatic carbocycles. The van der Waals surface area contributed by atoms with Crippen LogP contribution in [0.3, 0.4) is 0 Å². The molecule has 2 aliphatic heterocycles. The van der Waals surface area contributed by atoms with Gasteiger partial charge in [0, 0.05) is 17.5 Å². The fourth-order valence-electron chi connectivity index (χ4n) is 5.22. The van der Waals surface area contributed by atoms with E-state index in [1.165, 1.54) is 12.1 Å². The number of hydrogen-bond donors (Lipinski definition) is 2. The zero-order valence-corrected chi connectivity index (χ0v) is 21.6. The second-order valence-corrected chi connectivity index (χ2v) is 10.0. The second kappa shape index (κ2) is 11.1. The molecule has 2 aliphatic rings. The molecule has 1 saturated heterocycles. The third-order valence-electron chi connectivity index (χ3n) is 7.35. The summed E-state index contributed by atoms with van der Waals surface area (Å²) in [4.78, 5) is 28.3. The fraction of sp³-hybridized carbons (Fsp3) is 0.300. The summed E-state index contributed by atoms with van der Waals surface area (Å²) >= 11 is 0. The number of Topliss-reactive ketones (excluding diaryl/α,β-unsaturated/α-hetero) is 1. The van der Waals surface area contributed by atoms with E-state index >= 15 is 0 Å². The number of benzene rings is 3. The lowest BCUT2D eigenvalue weighted by Crippen LogP contribution is -2.48. The molecule has 0 spiro atoms. The van der Waals surface area contributed by atoms with E-state index in [4.69, 9.17) is 14.0 Å². The number of likely N-dealkylation sites (tertiary alicyclic amines) is 1. The van der Waals surface area contributed by atoms with Crippen molar-refractivity contribution in [1.29, 1.82) is 0 Å². The third-order valence-corrected chi connectivity index (χ3v) is 7.35. The van der Waals surface area contributed by atoms with Gasteiger partial charge in [-0.2, -0.15) is 0 Å². The van der Waals surface area contributed by atoms with E-state index in [1.807, 2.05) is 18.2 Å². The van der Waals surface area contributed by atoms with Crippen molar-refractivity contribution in [3.8, 4) is 22.6 Å². The first kappa shape index (κ1) is 26.0. The van der Waals surface area contributed by atoms with Gasteiger partial charge >= 0.3 is 0 Å². The number of ketones is 1. The van der Waals surface area contributed by atoms with Crippen molar-refractivity contribution in [2.75, 3.05) is 32.8 Å². The highest BCUT2D eigenvalue weighted by molar-refractivity contribution is 6.42. The first-order valence-corrected chi connectivity index (χ1v) is 13.3. The van der Waals surface area contributed by atoms with Crippen molar-refractivity contribution in [1.82, 2.24) is 15.4 Å². The molecule has 0 bridgehead atoms. The van der Waals surface area contributed by atoms with Gasteiger partial charge in [-0.05, 0) is 66.9 Å². The molecule has 3 heterocycles. The maximum atomic E-state index is 14.7. The van der Waals surface area contributed by atoms with Gasteiger partial charge in [0.1, 0.15) is 19.3 Å². The number of hydrogen-bond acceptors (Lipinski definition) is 8. The highest BCUT2D eigenvalue weighted by atomic mass is 19.1. The van der Waals surface area contributed by atoms with Crippen molar-refractivity contribution >= 4 is 22.7 Å². The number of amides is 1. The lowest BCUT2D eigenvalue weighted by atomic mass is 9.99. The zero-order valence-electron chi connectivity index (χ0n) is 21.6. The van der Waals surface area contributed by atoms with E-state index in [1.54, 1.807) is 30.5 Å². The minimum atomic E-state index is -1.28. The smallest absolute Gasteiger partial charge is 0.292 e. The van der Waals surface area contributed by atoms with Gasteiger partial charge < -0.3 is 29.3 Å². The van der Waals surface area contributed by atoms with Crippen LogP contribution in [0.5, 0.6) is 11.5 Å². The Morgan fingerprint density at radius 1 is 1.00 bits per heavy atom. The van der Waals surface area contributed by atoms with Gasteiger partial charge in [-0.3, -0.25) is 9.59 Å². The molecule has 40 heavy (non-hydrogen) atoms. The molecular weight excluding hydrogens is 517 g/mol. The standard InChI is InChI=1S/C30H28FN3O6/c31-23-13-22(15-26-29(23)39-12-11-38-26)27(35)24(17-34-9-1-2-10-34)33-30(37)28(36)19-5-3-18(4-6-19)20-7-8-21-16-32-40-25(21)14-20/h3-8,13-16,24,27,35H,1-2,9-12,17H2,(H,33,37)/t24-,27-/m1/s1. The number of aliphatic hydroxyl groups is 1. The molecule has 1 amide bonds. The summed E-state index contributed by atoms with van der Waals surface area (Å²) in [5, 5.41) is 18.6. The zero-order chi connectivity index (χ0) is 27.6. The highest BCUT2D eigenvalue weighted by Crippen LogP contribution is 2.36. The van der Waals surface area contributed by atoms with Gasteiger partial charge in [-0.15, -0.1) is 0 Å². The van der Waals surface area contributed by atoms with Crippen molar-refractivity contribution in [3.63, 3.8) is 0 Å². The maximum absolute atomic E-state index is 14.7. The Morgan fingerprint density at radius 2 is 1.75 bits per heavy atom. The quantitative estimate of drug-likeness (QED) is 0.253. The molecule has 9 nitrogen and oxygen atoms in total. The second-order valence-electron chi connectivity index (χ2n) is 10.0. The summed E-state index contributed by atoms with van der Waals surface area (Å²) in [6.45, 7) is 2.42. The minimum absolute atomic E-state index is 0.00158. The van der Waals surface area contributed by atoms with Crippen LogP contribution in [-0.4, -0.2) is 65.7 Å². The Balaban J connectivity index is 1.19. The number of aromatic nitrogens is 1. The van der Waals surface area contributed by atoms with E-state index in [-0.39, 0.29) is 35.8 Å². The molecule has 0 radical (unpaired) electrons. The number of carbonyl (C=O) groups is 2. The average Bonchev–Trinajstić information content (AvgIpc) is 3.68. The Kier molecular flexibility index (Phi) is 7.19. The average molecular weight is 546 g/mol. The third kappa shape index (κ3) is 5.28. The molecule has 1 aromatic heterocycles. The van der Waals surface area contributed by atoms with Gasteiger partial charge in [0.05, 0.1) is 12.2 Å². The van der Waals surface area contributed by atoms with Crippen molar-refractivity contribution in [3.05, 3.63) is 77.7 Å². The normalized spacial score (nSPS) is 16.6. The predicted octanol–water partition coefficient (Wildman–Crippen LogP) is 3.90. The summed E-state index contributed by atoms with van der Waals surface area (Å²) in [5.74, 6) is -2.04. The summed E-state index contributed by atoms with van der Waals surface area (Å²) in [6.07, 6.45) is 2.36. The van der Waals surface area contributed by atoms with Crippen LogP contribution < -0.4 is 14.8 Å². The van der Waals surface area contributed by atoms with Crippen LogP contribution >= 0.6 is 0 Å². The van der Waals surface area contributed by atoms with Crippen LogP contribution in [0, 0.1) is 5.82 Å². The number of halogens is 1. The lowest BCUT2D eigenvalue weighted by Gasteiger charge is -2.29. The summed E-state index contributed by atoms with van der Waals surface area (Å²) in [6, 6.07) is 14.2. The van der Waals surface area contributed by atoms with Crippen molar-refractivity contribution < 1.29 is 33.1 Å². The number of nitrogens with zero attached hydrogens (tertiary/aromatic N) is 2. The SMILES string of the molecule is O=C(N[C@H](CN1CCCC1)[C@H](O)c1cc(F)c2c(c1)OCCO2)C(=O)c1ccc(-c2ccc3cnoc3c2)cc1. The van der Waals surface area contributed by atoms with Crippen LogP contribution in [-0.2, 0) is 4.79 Å². The summed E-state index contributed by atoms with van der Waals surface area (Å²) < 4.78 is 30.8. The topological polar surface area (TPSA) is 114 Å². The van der Waals surface area contributed by atoms with Gasteiger partial charge in [0.25, 0.3) is 5.91 Å². The largest absolute Gasteiger partial charge is 0.486 e. The van der Waals surface area contributed by atoms with E-state index in [0.29, 0.717) is 12.1 Å². The molecular formula is C30H28FN3O6. The summed E-state index contributed by atoms with van der Waals surface area (Å²) in [7, 11) is 0.